The number of nitrogens with two attached hydrogens (primary N) is 1. The number of nitrogens with one attached hydrogen (secondary N) is 1. The molecule has 11 nitrogen and oxygen atoms in total. The van der Waals surface area contributed by atoms with Gasteiger partial charge in [-0.25, -0.2) is 22.5 Å². The van der Waals surface area contributed by atoms with E-state index in [1.54, 1.807) is 6.92 Å². The van der Waals surface area contributed by atoms with Crippen LogP contribution in [0.5, 0.6) is 0 Å². The Morgan fingerprint density at radius 3 is 2.45 bits per heavy atom. The minimum atomic E-state index is -3.60. The zero-order chi connectivity index (χ0) is 23.3. The van der Waals surface area contributed by atoms with Gasteiger partial charge >= 0.3 is 5.97 Å². The van der Waals surface area contributed by atoms with E-state index in [1.165, 1.54) is 39.3 Å². The number of carbonyl (C=O) groups is 3. The average Bonchev–Trinajstić information content (AvgIpc) is 3.02. The molecule has 2 amide bonds. The molecule has 0 aliphatic rings. The number of pyridine rings is 1. The Hall–Kier alpha value is -2.90. The lowest BCUT2D eigenvalue weighted by Gasteiger charge is -2.11. The van der Waals surface area contributed by atoms with Gasteiger partial charge in [-0.15, -0.1) is 0 Å². The van der Waals surface area contributed by atoms with E-state index in [2.05, 4.69) is 10.3 Å². The van der Waals surface area contributed by atoms with Crippen LogP contribution in [-0.2, 0) is 19.6 Å². The van der Waals surface area contributed by atoms with Gasteiger partial charge in [0, 0.05) is 20.3 Å². The van der Waals surface area contributed by atoms with Crippen molar-refractivity contribution in [3.8, 4) is 0 Å². The van der Waals surface area contributed by atoms with Crippen molar-refractivity contribution >= 4 is 45.5 Å². The third-order valence-corrected chi connectivity index (χ3v) is 6.64. The zero-order valence-electron chi connectivity index (χ0n) is 17.3. The first kappa shape index (κ1) is 24.4. The Labute approximate surface area is 183 Å². The van der Waals surface area contributed by atoms with Crippen LogP contribution in [-0.4, -0.2) is 61.9 Å². The smallest absolute Gasteiger partial charge is 0.342 e. The van der Waals surface area contributed by atoms with Crippen LogP contribution in [0.3, 0.4) is 0 Å². The lowest BCUT2D eigenvalue weighted by molar-refractivity contribution is -0.113. The van der Waals surface area contributed by atoms with Crippen molar-refractivity contribution in [1.29, 1.82) is 0 Å². The fourth-order valence-corrected chi connectivity index (χ4v) is 3.92. The molecule has 2 aromatic rings. The first-order chi connectivity index (χ1) is 14.5. The SMILES string of the molecule is CCOC(=O)c1c(C)oc(NC(=O)CSc2ccc(S(=O)(=O)N(C)C)cn2)c1C(N)=O. The number of hydrogen-bond acceptors (Lipinski definition) is 9. The number of primary amides is 1. The van der Waals surface area contributed by atoms with Crippen LogP contribution in [0, 0.1) is 6.92 Å². The maximum Gasteiger partial charge on any atom is 0.342 e. The summed E-state index contributed by atoms with van der Waals surface area (Å²) in [5.41, 5.74) is 4.93. The Balaban J connectivity index is 2.11. The highest BCUT2D eigenvalue weighted by Crippen LogP contribution is 2.28. The van der Waals surface area contributed by atoms with Crippen molar-refractivity contribution in [3.63, 3.8) is 0 Å². The number of anilines is 1. The van der Waals surface area contributed by atoms with Crippen LogP contribution in [0.2, 0.25) is 0 Å². The molecule has 13 heteroatoms. The minimum Gasteiger partial charge on any atom is -0.462 e. The number of thioether (sulfide) groups is 1. The number of sulfonamides is 1. The van der Waals surface area contributed by atoms with Crippen molar-refractivity contribution < 1.29 is 32.0 Å². The van der Waals surface area contributed by atoms with Gasteiger partial charge in [0.2, 0.25) is 21.8 Å². The number of ether oxygens (including phenoxy) is 1. The Kier molecular flexibility index (Phi) is 7.81. The number of aryl methyl sites for hydroxylation is 1. The number of esters is 1. The van der Waals surface area contributed by atoms with Crippen LogP contribution < -0.4 is 11.1 Å². The molecular formula is C18H22N4O7S2. The zero-order valence-corrected chi connectivity index (χ0v) is 18.9. The number of nitrogens with zero attached hydrogens (tertiary/aromatic N) is 2. The van der Waals surface area contributed by atoms with Gasteiger partial charge in [0.1, 0.15) is 21.8 Å². The first-order valence-electron chi connectivity index (χ1n) is 8.90. The van der Waals surface area contributed by atoms with Crippen LogP contribution in [0.4, 0.5) is 5.88 Å². The quantitative estimate of drug-likeness (QED) is 0.405. The van der Waals surface area contributed by atoms with E-state index in [0.29, 0.717) is 5.03 Å². The van der Waals surface area contributed by atoms with Gasteiger partial charge in [0.05, 0.1) is 17.4 Å². The van der Waals surface area contributed by atoms with E-state index in [1.807, 2.05) is 0 Å². The number of rotatable bonds is 9. The molecule has 0 aliphatic carbocycles. The molecule has 0 aromatic carbocycles. The van der Waals surface area contributed by atoms with Crippen molar-refractivity contribution in [2.75, 3.05) is 31.8 Å². The lowest BCUT2D eigenvalue weighted by Crippen LogP contribution is -2.22. The number of carbonyl (C=O) groups excluding carboxylic acids is 3. The Bertz CT molecular complexity index is 1090. The molecule has 0 radical (unpaired) electrons. The molecule has 168 valence electrons. The van der Waals surface area contributed by atoms with Crippen molar-refractivity contribution in [2.24, 2.45) is 5.73 Å². The summed E-state index contributed by atoms with van der Waals surface area (Å²) in [5.74, 6) is -2.59. The highest BCUT2D eigenvalue weighted by Gasteiger charge is 2.29. The molecule has 0 saturated heterocycles. The number of aromatic nitrogens is 1. The molecule has 0 unspecified atom stereocenters. The van der Waals surface area contributed by atoms with Crippen LogP contribution in [0.25, 0.3) is 0 Å². The van der Waals surface area contributed by atoms with Crippen molar-refractivity contribution in [3.05, 3.63) is 35.2 Å². The predicted molar refractivity (Wildman–Crippen MR) is 112 cm³/mol. The second-order valence-electron chi connectivity index (χ2n) is 6.28. The largest absolute Gasteiger partial charge is 0.462 e. The molecule has 2 rings (SSSR count). The van der Waals surface area contributed by atoms with E-state index in [4.69, 9.17) is 14.9 Å². The predicted octanol–water partition coefficient (Wildman–Crippen LogP) is 1.24. The second kappa shape index (κ2) is 9.94. The summed E-state index contributed by atoms with van der Waals surface area (Å²) in [4.78, 5) is 40.3. The second-order valence-corrected chi connectivity index (χ2v) is 9.43. The van der Waals surface area contributed by atoms with Crippen molar-refractivity contribution in [2.45, 2.75) is 23.8 Å². The maximum absolute atomic E-state index is 12.3. The molecule has 3 N–H and O–H groups in total. The highest BCUT2D eigenvalue weighted by molar-refractivity contribution is 7.99. The highest BCUT2D eigenvalue weighted by atomic mass is 32.2. The molecule has 0 spiro atoms. The minimum absolute atomic E-state index is 0.0231. The molecule has 0 bridgehead atoms. The van der Waals surface area contributed by atoms with E-state index in [0.717, 1.165) is 16.1 Å². The fourth-order valence-electron chi connectivity index (χ4n) is 2.43. The van der Waals surface area contributed by atoms with Gasteiger partial charge in [-0.3, -0.25) is 14.9 Å². The third kappa shape index (κ3) is 5.62. The lowest BCUT2D eigenvalue weighted by atomic mass is 10.1. The normalized spacial score (nSPS) is 11.4. The van der Waals surface area contributed by atoms with Gasteiger partial charge < -0.3 is 14.9 Å². The van der Waals surface area contributed by atoms with Gasteiger partial charge in [0.25, 0.3) is 5.91 Å². The molecule has 0 fully saturated rings. The van der Waals surface area contributed by atoms with E-state index < -0.39 is 27.8 Å². The van der Waals surface area contributed by atoms with Gasteiger partial charge in [0.15, 0.2) is 0 Å². The Morgan fingerprint density at radius 1 is 1.26 bits per heavy atom. The monoisotopic (exact) mass is 470 g/mol. The van der Waals surface area contributed by atoms with E-state index in [-0.39, 0.29) is 40.0 Å². The summed E-state index contributed by atoms with van der Waals surface area (Å²) in [6.07, 6.45) is 1.20. The third-order valence-electron chi connectivity index (χ3n) is 3.90. The molecule has 0 saturated carbocycles. The molecule has 2 aromatic heterocycles. The molecular weight excluding hydrogens is 448 g/mol. The van der Waals surface area contributed by atoms with Crippen LogP contribution >= 0.6 is 11.8 Å². The number of hydrogen-bond donors (Lipinski definition) is 2. The Morgan fingerprint density at radius 2 is 1.94 bits per heavy atom. The molecule has 0 aliphatic heterocycles. The van der Waals surface area contributed by atoms with Crippen LogP contribution in [0.1, 0.15) is 33.4 Å². The summed E-state index contributed by atoms with van der Waals surface area (Å²) >= 11 is 1.03. The number of amides is 2. The number of furan rings is 1. The van der Waals surface area contributed by atoms with Gasteiger partial charge in [-0.05, 0) is 26.0 Å². The summed E-state index contributed by atoms with van der Waals surface area (Å²) in [5, 5.41) is 2.81. The maximum atomic E-state index is 12.3. The van der Waals surface area contributed by atoms with E-state index >= 15 is 0 Å². The standard InChI is InChI=1S/C18H22N4O7S2/c1-5-28-18(25)14-10(2)29-17(15(14)16(19)24)21-12(23)9-30-13-7-6-11(8-20-13)31(26,27)22(3)4/h6-8H,5,9H2,1-4H3,(H2,19,24)(H,21,23). The van der Waals surface area contributed by atoms with Crippen LogP contribution in [0.15, 0.2) is 32.7 Å². The van der Waals surface area contributed by atoms with E-state index in [9.17, 15) is 22.8 Å². The summed E-state index contributed by atoms with van der Waals surface area (Å²) in [6.45, 7) is 3.13. The first-order valence-corrected chi connectivity index (χ1v) is 11.3. The van der Waals surface area contributed by atoms with Gasteiger partial charge in [-0.2, -0.15) is 0 Å². The van der Waals surface area contributed by atoms with Gasteiger partial charge in [-0.1, -0.05) is 11.8 Å². The molecule has 2 heterocycles. The summed E-state index contributed by atoms with van der Waals surface area (Å²) in [7, 11) is -0.785. The average molecular weight is 471 g/mol. The molecule has 31 heavy (non-hydrogen) atoms. The topological polar surface area (TPSA) is 162 Å². The fraction of sp³-hybridized carbons (Fsp3) is 0.333. The summed E-state index contributed by atoms with van der Waals surface area (Å²) < 4.78 is 35.4. The van der Waals surface area contributed by atoms with Crippen molar-refractivity contribution in [1.82, 2.24) is 9.29 Å². The molecule has 0 atom stereocenters. The summed E-state index contributed by atoms with van der Waals surface area (Å²) in [6, 6.07) is 2.86.